The summed E-state index contributed by atoms with van der Waals surface area (Å²) in [4.78, 5) is 247. The van der Waals surface area contributed by atoms with Crippen LogP contribution in [-0.2, 0) is 28.4 Å². The Morgan fingerprint density at radius 2 is 0.358 bits per heavy atom. The Labute approximate surface area is 535 Å². The van der Waals surface area contributed by atoms with E-state index in [9.17, 15) is 123 Å². The molecular weight excluding hydrogens is 1280 g/mol. The number of esters is 8. The highest BCUT2D eigenvalue weighted by Crippen LogP contribution is 2.37. The van der Waals surface area contributed by atoms with Gasteiger partial charge in [-0.2, -0.15) is 0 Å². The lowest BCUT2D eigenvalue weighted by Gasteiger charge is -2.23. The van der Waals surface area contributed by atoms with E-state index in [1.54, 1.807) is 0 Å². The fourth-order valence-electron chi connectivity index (χ4n) is 9.85. The quantitative estimate of drug-likeness (QED) is 0.0112. The second kappa shape index (κ2) is 35.9. The van der Waals surface area contributed by atoms with E-state index in [0.29, 0.717) is 64.9 Å². The van der Waals surface area contributed by atoms with Crippen LogP contribution in [0.3, 0.4) is 0 Å². The molecule has 0 atom stereocenters. The van der Waals surface area contributed by atoms with Crippen LogP contribution in [0, 0.1) is 0 Å². The Kier molecular flexibility index (Phi) is 29.4. The largest absolute Gasteiger partial charge is 0.478 e. The highest BCUT2D eigenvalue weighted by Gasteiger charge is 2.48. The van der Waals surface area contributed by atoms with Crippen molar-refractivity contribution in [2.45, 2.75) is 136 Å². The minimum absolute atomic E-state index is 0.0443. The summed E-state index contributed by atoms with van der Waals surface area (Å²) in [6, 6.07) is 0. The lowest BCUT2D eigenvalue weighted by atomic mass is 9.85. The molecule has 95 heavy (non-hydrogen) atoms. The standard InChI is InChI=1S/C61H64O34/c1-5-8-11-14-17-20-23-91-55(83)39-38(54(82)90-4)42(60(88)94-58(86)36-32(50(74)75)28(46(66)67)26(44(62)63)29(47(68)69)33(36)51(76)77)43(41(57(85)93-25-22-19-16-13-10-7-3)40(39)56(84)92-24-21-18-15-12-9-6-2)61(89)95-59(87)37-34(52(78)79)30(48(70)71)27(45(64)65)31(49(72)73)35(37)53(80)81/h5-25H2,1-4H3,(H,62,63)(H,64,65)(H,66,67)(H,68,69)(H,70,71)(H,72,73)(H,74,75)(H,76,77)(H,78,79)(H,80,81). The van der Waals surface area contributed by atoms with E-state index in [2.05, 4.69) is 0 Å². The molecule has 0 bridgehead atoms. The molecule has 0 aliphatic rings. The predicted octanol–water partition coefficient (Wildman–Crippen LogP) is 8.00. The molecule has 0 aromatic heterocycles. The van der Waals surface area contributed by atoms with E-state index in [-0.39, 0.29) is 25.7 Å². The smallest absolute Gasteiger partial charge is 0.347 e. The molecule has 0 fully saturated rings. The van der Waals surface area contributed by atoms with E-state index in [0.717, 1.165) is 32.1 Å². The van der Waals surface area contributed by atoms with Crippen LogP contribution in [0.25, 0.3) is 0 Å². The van der Waals surface area contributed by atoms with Gasteiger partial charge in [-0.05, 0) is 19.3 Å². The number of unbranched alkanes of at least 4 members (excludes halogenated alkanes) is 15. The number of hydrogen-bond donors (Lipinski definition) is 10. The normalized spacial score (nSPS) is 10.7. The third-order valence-corrected chi connectivity index (χ3v) is 14.0. The molecule has 0 heterocycles. The van der Waals surface area contributed by atoms with Gasteiger partial charge in [-0.1, -0.05) is 117 Å². The number of benzene rings is 3. The second-order valence-electron chi connectivity index (χ2n) is 20.4. The van der Waals surface area contributed by atoms with Crippen molar-refractivity contribution in [3.05, 3.63) is 100 Å². The van der Waals surface area contributed by atoms with Gasteiger partial charge in [0, 0.05) is 0 Å². The highest BCUT2D eigenvalue weighted by atomic mass is 16.6. The summed E-state index contributed by atoms with van der Waals surface area (Å²) < 4.78 is 30.8. The molecule has 0 aliphatic heterocycles. The van der Waals surface area contributed by atoms with Crippen LogP contribution in [0.4, 0.5) is 0 Å². The number of carbonyl (C=O) groups is 18. The molecule has 3 aromatic rings. The van der Waals surface area contributed by atoms with Crippen molar-refractivity contribution in [1.82, 2.24) is 0 Å². The van der Waals surface area contributed by atoms with Gasteiger partial charge in [-0.15, -0.1) is 0 Å². The molecule has 0 unspecified atom stereocenters. The average Bonchev–Trinajstić information content (AvgIpc) is 0.741. The monoisotopic (exact) mass is 1340 g/mol. The second-order valence-corrected chi connectivity index (χ2v) is 20.4. The Balaban J connectivity index is 2.95. The maximum atomic E-state index is 15.4. The first-order chi connectivity index (χ1) is 44.8. The van der Waals surface area contributed by atoms with Gasteiger partial charge in [0.05, 0.1) is 127 Å². The van der Waals surface area contributed by atoms with Crippen molar-refractivity contribution in [3.8, 4) is 0 Å². The van der Waals surface area contributed by atoms with E-state index in [1.165, 1.54) is 0 Å². The summed E-state index contributed by atoms with van der Waals surface area (Å²) in [5.74, 6) is -47.4. The number of hydrogen-bond acceptors (Lipinski definition) is 24. The molecule has 0 aliphatic carbocycles. The first kappa shape index (κ1) is 77.8. The van der Waals surface area contributed by atoms with Gasteiger partial charge in [0.15, 0.2) is 0 Å². The minimum Gasteiger partial charge on any atom is -0.478 e. The van der Waals surface area contributed by atoms with Gasteiger partial charge in [0.1, 0.15) is 0 Å². The molecule has 34 nitrogen and oxygen atoms in total. The Bertz CT molecular complexity index is 3570. The molecule has 34 heteroatoms. The van der Waals surface area contributed by atoms with Gasteiger partial charge in [-0.25, -0.2) is 86.3 Å². The van der Waals surface area contributed by atoms with Gasteiger partial charge in [0.2, 0.25) is 0 Å². The zero-order chi connectivity index (χ0) is 71.9. The number of aromatic carboxylic acids is 10. The van der Waals surface area contributed by atoms with E-state index in [4.69, 9.17) is 28.4 Å². The lowest BCUT2D eigenvalue weighted by molar-refractivity contribution is 0.0337. The molecule has 0 saturated carbocycles. The topological polar surface area (TPSA) is 565 Å². The van der Waals surface area contributed by atoms with Crippen LogP contribution in [0.5, 0.6) is 0 Å². The SMILES string of the molecule is CCCCCCCCOC(=O)c1c(C(=O)OC)c(C(=O)OC(=O)c2c(C(=O)O)c(C(=O)O)c(C(=O)O)c(C(=O)O)c2C(=O)O)c(C(=O)OC(=O)c2c(C(=O)O)c(C(=O)O)c(C(=O)O)c(C(=O)O)c2C(=O)O)c(C(=O)OCCCCCCCC)c1C(=O)OCCCCCCCC. The first-order valence-corrected chi connectivity index (χ1v) is 28.9. The molecule has 0 amide bonds. The Morgan fingerprint density at radius 1 is 0.211 bits per heavy atom. The van der Waals surface area contributed by atoms with Gasteiger partial charge >= 0.3 is 107 Å². The van der Waals surface area contributed by atoms with Gasteiger partial charge in [0.25, 0.3) is 0 Å². The molecule has 0 saturated heterocycles. The van der Waals surface area contributed by atoms with Crippen molar-refractivity contribution in [2.24, 2.45) is 0 Å². The Morgan fingerprint density at radius 3 is 0.537 bits per heavy atom. The number of carbonyl (C=O) groups excluding carboxylic acids is 8. The summed E-state index contributed by atoms with van der Waals surface area (Å²) in [5, 5.41) is 102. The van der Waals surface area contributed by atoms with Crippen molar-refractivity contribution >= 4 is 107 Å². The first-order valence-electron chi connectivity index (χ1n) is 28.9. The minimum atomic E-state index is -2.92. The van der Waals surface area contributed by atoms with Crippen LogP contribution >= 0.6 is 0 Å². The lowest BCUT2D eigenvalue weighted by Crippen LogP contribution is -2.34. The maximum Gasteiger partial charge on any atom is 0.347 e. The summed E-state index contributed by atoms with van der Waals surface area (Å²) in [7, 11) is 0.430. The predicted molar refractivity (Wildman–Crippen MR) is 311 cm³/mol. The molecule has 0 radical (unpaired) electrons. The summed E-state index contributed by atoms with van der Waals surface area (Å²) >= 11 is 0. The molecular formula is C61H64O34. The molecule has 3 aromatic carbocycles. The fourth-order valence-corrected chi connectivity index (χ4v) is 9.85. The third kappa shape index (κ3) is 18.6. The van der Waals surface area contributed by atoms with Crippen LogP contribution < -0.4 is 0 Å². The van der Waals surface area contributed by atoms with Crippen molar-refractivity contribution in [2.75, 3.05) is 26.9 Å². The van der Waals surface area contributed by atoms with E-state index < -0.39 is 227 Å². The third-order valence-electron chi connectivity index (χ3n) is 14.0. The zero-order valence-electron chi connectivity index (χ0n) is 51.1. The summed E-state index contributed by atoms with van der Waals surface area (Å²) in [6.45, 7) is 3.47. The fraction of sp³-hybridized carbons (Fsp3) is 0.410. The van der Waals surface area contributed by atoms with Crippen molar-refractivity contribution in [1.29, 1.82) is 0 Å². The van der Waals surface area contributed by atoms with E-state index in [1.807, 2.05) is 20.8 Å². The number of carboxylic acids is 10. The molecule has 10 N–H and O–H groups in total. The van der Waals surface area contributed by atoms with Crippen LogP contribution in [0.1, 0.15) is 323 Å². The van der Waals surface area contributed by atoms with Crippen LogP contribution in [0.2, 0.25) is 0 Å². The molecule has 3 rings (SSSR count). The van der Waals surface area contributed by atoms with Gasteiger partial charge in [-0.3, -0.25) is 0 Å². The summed E-state index contributed by atoms with van der Waals surface area (Å²) in [6.07, 6.45) is 8.52. The van der Waals surface area contributed by atoms with Crippen molar-refractivity contribution in [3.63, 3.8) is 0 Å². The number of carboxylic acid groups (broad SMARTS) is 10. The number of rotatable bonds is 39. The van der Waals surface area contributed by atoms with Crippen LogP contribution in [0.15, 0.2) is 0 Å². The summed E-state index contributed by atoms with van der Waals surface area (Å²) in [5.41, 5.74) is -38.8. The molecule has 0 spiro atoms. The van der Waals surface area contributed by atoms with E-state index >= 15 is 14.4 Å². The molecule has 512 valence electrons. The highest BCUT2D eigenvalue weighted by molar-refractivity contribution is 6.29. The number of ether oxygens (including phenoxy) is 6. The zero-order valence-corrected chi connectivity index (χ0v) is 51.1. The average molecular weight is 1340 g/mol. The van der Waals surface area contributed by atoms with Crippen molar-refractivity contribution < 1.29 is 166 Å². The maximum absolute atomic E-state index is 15.4. The number of methoxy groups -OCH3 is 1. The van der Waals surface area contributed by atoms with Gasteiger partial charge < -0.3 is 79.5 Å². The van der Waals surface area contributed by atoms with Crippen LogP contribution in [-0.4, -0.2) is 185 Å². The Hall–Kier alpha value is -11.5.